The van der Waals surface area contributed by atoms with Gasteiger partial charge in [-0.25, -0.2) is 13.4 Å². The third-order valence-electron chi connectivity index (χ3n) is 14.1. The van der Waals surface area contributed by atoms with Crippen LogP contribution in [0, 0.1) is 28.6 Å². The van der Waals surface area contributed by atoms with Crippen molar-refractivity contribution >= 4 is 62.5 Å². The Morgan fingerprint density at radius 1 is 1.06 bits per heavy atom. The summed E-state index contributed by atoms with van der Waals surface area (Å²) in [6.07, 6.45) is 5.55. The first-order valence-electron chi connectivity index (χ1n) is 22.1. The minimum atomic E-state index is -6.10. The summed E-state index contributed by atoms with van der Waals surface area (Å²) in [6.45, 7) is 2.77. The maximum atomic E-state index is 14.0. The second-order valence-electron chi connectivity index (χ2n) is 18.3. The maximum absolute atomic E-state index is 14.0. The zero-order chi connectivity index (χ0) is 50.6. The molecule has 4 aliphatic carbocycles. The third kappa shape index (κ3) is 11.3. The molecule has 1 heterocycles. The van der Waals surface area contributed by atoms with E-state index in [1.807, 2.05) is 13.0 Å². The average molecular weight is 1000 g/mol. The molecule has 0 spiro atoms. The van der Waals surface area contributed by atoms with Crippen molar-refractivity contribution in [3.8, 4) is 0 Å². The number of halogens is 3. The molecule has 13 N–H and O–H groups in total. The molecule has 0 bridgehead atoms. The zero-order valence-corrected chi connectivity index (χ0v) is 39.3. The van der Waals surface area contributed by atoms with Gasteiger partial charge in [-0.15, -0.1) is 0 Å². The minimum absolute atomic E-state index is 0.0203. The number of fused-ring (bicyclic) bond motifs is 5. The summed E-state index contributed by atoms with van der Waals surface area (Å²) in [5, 5.41) is 50.0. The number of nitrogens with one attached hydrogen (secondary N) is 5. The predicted molar refractivity (Wildman–Crippen MR) is 240 cm³/mol. The lowest BCUT2D eigenvalue weighted by molar-refractivity contribution is -0.175. The van der Waals surface area contributed by atoms with Crippen LogP contribution >= 0.6 is 12.2 Å². The number of aromatic nitrogens is 2. The number of carbonyl (C=O) groups is 5. The number of aliphatic hydroxyl groups is 4. The molecule has 4 aliphatic rings. The van der Waals surface area contributed by atoms with Crippen molar-refractivity contribution in [3.05, 3.63) is 42.0 Å². The number of nitrogens with zero attached hydrogens (tertiary/aromatic N) is 2. The second-order valence-corrected chi connectivity index (χ2v) is 20.4. The van der Waals surface area contributed by atoms with Crippen LogP contribution in [0.15, 0.2) is 41.3 Å². The number of nitrogens with two attached hydrogens (primary N) is 2. The van der Waals surface area contributed by atoms with Crippen molar-refractivity contribution in [2.75, 3.05) is 19.8 Å². The second kappa shape index (κ2) is 21.4. The SMILES string of the molecule is C[C@H](O)[C@H](NC(=O)[C@@H](CCc1cnc[nH]1)NC(=O)[C@@H](CCCN=C(N)N)NS(=O)(=O)C(F)(F)F)C(=O)N[C@H](CO)C(=S)O[C@]1(C(=O)CO)CC[C@H]2[C@@H]3CCC4=CC(=O)C=C[C@]4(C)[C@H]3[C@@H](O)C[C@@]21C. The topological polar surface area (TPSA) is 351 Å². The molecule has 3 amide bonds. The first-order valence-corrected chi connectivity index (χ1v) is 23.9. The fraction of sp³-hybridized carbons (Fsp3) is 0.667. The molecule has 0 aromatic carbocycles. The number of ether oxygens (including phenoxy) is 1. The number of rotatable bonds is 21. The third-order valence-corrected chi connectivity index (χ3v) is 15.7. The van der Waals surface area contributed by atoms with Crippen LogP contribution in [0.3, 0.4) is 0 Å². The summed E-state index contributed by atoms with van der Waals surface area (Å²) >= 11 is 5.61. The number of H-pyrrole nitrogens is 1. The fourth-order valence-corrected chi connectivity index (χ4v) is 11.7. The molecule has 3 fully saturated rings. The van der Waals surface area contributed by atoms with E-state index in [0.717, 1.165) is 12.5 Å². The molecule has 0 radical (unpaired) electrons. The Balaban J connectivity index is 1.34. The molecule has 1 aromatic heterocycles. The van der Waals surface area contributed by atoms with E-state index in [2.05, 4.69) is 30.9 Å². The van der Waals surface area contributed by atoms with Crippen LogP contribution in [-0.4, -0.2) is 146 Å². The Labute approximate surface area is 395 Å². The first-order chi connectivity index (χ1) is 31.7. The van der Waals surface area contributed by atoms with Crippen molar-refractivity contribution in [3.63, 3.8) is 0 Å². The molecule has 5 rings (SSSR count). The molecular formula is C42H60F3N9O12S2. The van der Waals surface area contributed by atoms with E-state index in [4.69, 9.17) is 28.4 Å². The number of thiocarbonyl (C=S) groups is 1. The van der Waals surface area contributed by atoms with Gasteiger partial charge in [-0.1, -0.05) is 25.5 Å². The van der Waals surface area contributed by atoms with Gasteiger partial charge >= 0.3 is 15.5 Å². The van der Waals surface area contributed by atoms with Gasteiger partial charge in [0.2, 0.25) is 23.5 Å². The quantitative estimate of drug-likeness (QED) is 0.0303. The summed E-state index contributed by atoms with van der Waals surface area (Å²) in [5.41, 5.74) is 2.52. The molecule has 12 atom stereocenters. The van der Waals surface area contributed by atoms with Gasteiger partial charge in [0.05, 0.1) is 25.1 Å². The normalized spacial score (nSPS) is 28.8. The van der Waals surface area contributed by atoms with Crippen LogP contribution in [0.4, 0.5) is 13.2 Å². The highest BCUT2D eigenvalue weighted by atomic mass is 32.2. The van der Waals surface area contributed by atoms with Crippen molar-refractivity contribution < 1.29 is 70.7 Å². The van der Waals surface area contributed by atoms with E-state index >= 15 is 0 Å². The number of aromatic amines is 1. The molecule has 21 nitrogen and oxygen atoms in total. The largest absolute Gasteiger partial charge is 0.511 e. The van der Waals surface area contributed by atoms with Crippen LogP contribution in [0.2, 0.25) is 0 Å². The number of imidazole rings is 1. The lowest BCUT2D eigenvalue weighted by atomic mass is 9.46. The number of ketones is 2. The van der Waals surface area contributed by atoms with Gasteiger partial charge in [0.15, 0.2) is 22.4 Å². The Morgan fingerprint density at radius 3 is 2.34 bits per heavy atom. The van der Waals surface area contributed by atoms with Gasteiger partial charge < -0.3 is 57.6 Å². The molecule has 378 valence electrons. The number of Topliss-reactive ketones (excluding diaryl/α,β-unsaturated/α-hetero) is 1. The van der Waals surface area contributed by atoms with E-state index in [1.165, 1.54) is 23.3 Å². The molecular weight excluding hydrogens is 944 g/mol. The van der Waals surface area contributed by atoms with Gasteiger partial charge in [0.25, 0.3) is 0 Å². The highest BCUT2D eigenvalue weighted by Crippen LogP contribution is 2.68. The average Bonchev–Trinajstić information content (AvgIpc) is 3.89. The van der Waals surface area contributed by atoms with Crippen LogP contribution in [0.5, 0.6) is 0 Å². The van der Waals surface area contributed by atoms with Crippen LogP contribution in [0.1, 0.15) is 77.8 Å². The van der Waals surface area contributed by atoms with Crippen molar-refractivity contribution in [2.45, 2.75) is 126 Å². The highest BCUT2D eigenvalue weighted by molar-refractivity contribution is 7.90. The molecule has 3 saturated carbocycles. The standard InChI is InChI=1S/C42H60F3N9O12S2/c1-21(57)33(53-34(61)27(9-7-23-17-48-20-50-23)51-35(62)28(5-4-14-49-38(46)47)54-68(64,65)42(43,44)45)36(63)52-29(18-55)37(67)66-41(31(60)19-56)13-11-26-25-8-6-22-15-24(58)10-12-39(22,2)32(25)30(59)16-40(26,41)3/h10,12,15,17,20-21,25-30,32-33,54-57,59H,4-9,11,13-14,16,18-19H2,1-3H3,(H,48,50)(H,51,62)(H,52,63)(H,53,61)(H4,46,47,49)/t21-,25-,26-,27+,28+,29+,30-,32+,33-,39-,40-,41-/m0/s1. The smallest absolute Gasteiger partial charge is 0.470 e. The molecule has 68 heavy (non-hydrogen) atoms. The van der Waals surface area contributed by atoms with E-state index in [9.17, 15) is 66.0 Å². The van der Waals surface area contributed by atoms with Crippen LogP contribution < -0.4 is 32.1 Å². The summed E-state index contributed by atoms with van der Waals surface area (Å²) in [7, 11) is -6.10. The minimum Gasteiger partial charge on any atom is -0.470 e. The number of hydrogen-bond acceptors (Lipinski definition) is 15. The zero-order valence-electron chi connectivity index (χ0n) is 37.6. The van der Waals surface area contributed by atoms with E-state index in [0.29, 0.717) is 25.0 Å². The molecule has 26 heteroatoms. The lowest BCUT2D eigenvalue weighted by Gasteiger charge is -2.60. The number of alkyl halides is 3. The summed E-state index contributed by atoms with van der Waals surface area (Å²) < 4.78 is 72.1. The first kappa shape index (κ1) is 54.1. The summed E-state index contributed by atoms with van der Waals surface area (Å²) in [6, 6.07) is -7.24. The fourth-order valence-electron chi connectivity index (χ4n) is 10.7. The van der Waals surface area contributed by atoms with Crippen LogP contribution in [0.25, 0.3) is 0 Å². The predicted octanol–water partition coefficient (Wildman–Crippen LogP) is -1.05. The lowest BCUT2D eigenvalue weighted by Crippen LogP contribution is -2.64. The number of aryl methyl sites for hydroxylation is 1. The Morgan fingerprint density at radius 2 is 1.74 bits per heavy atom. The van der Waals surface area contributed by atoms with Gasteiger partial charge in [0.1, 0.15) is 30.8 Å². The molecule has 1 aromatic rings. The Hall–Kier alpha value is -4.86. The van der Waals surface area contributed by atoms with Crippen molar-refractivity contribution in [2.24, 2.45) is 45.0 Å². The van der Waals surface area contributed by atoms with Gasteiger partial charge in [0, 0.05) is 35.2 Å². The number of aliphatic imine (C=N–C) groups is 1. The summed E-state index contributed by atoms with van der Waals surface area (Å²) in [5.74, 6) is -5.62. The van der Waals surface area contributed by atoms with Gasteiger partial charge in [-0.3, -0.25) is 29.0 Å². The van der Waals surface area contributed by atoms with Crippen molar-refractivity contribution in [1.29, 1.82) is 0 Å². The number of hydrogen-bond donors (Lipinski definition) is 11. The van der Waals surface area contributed by atoms with E-state index in [-0.39, 0.29) is 68.1 Å². The number of allylic oxidation sites excluding steroid dienone is 4. The number of aliphatic hydroxyl groups excluding tert-OH is 4. The van der Waals surface area contributed by atoms with Gasteiger partial charge in [-0.2, -0.15) is 17.9 Å². The number of guanidine groups is 1. The number of sulfonamides is 1. The molecule has 0 saturated heterocycles. The molecule has 0 unspecified atom stereocenters. The summed E-state index contributed by atoms with van der Waals surface area (Å²) in [4.78, 5) is 77.9. The monoisotopic (exact) mass is 1000 g/mol. The van der Waals surface area contributed by atoms with Crippen LogP contribution in [-0.2, 0) is 45.2 Å². The number of amides is 3. The Bertz CT molecular complexity index is 2280. The molecule has 0 aliphatic heterocycles. The highest BCUT2D eigenvalue weighted by Gasteiger charge is 2.70. The van der Waals surface area contributed by atoms with Gasteiger partial charge in [-0.05, 0) is 101 Å². The maximum Gasteiger partial charge on any atom is 0.511 e. The number of carbonyl (C=O) groups excluding carboxylic acids is 5. The Kier molecular flexibility index (Phi) is 17.0. The van der Waals surface area contributed by atoms with Crippen molar-refractivity contribution in [1.82, 2.24) is 30.6 Å². The van der Waals surface area contributed by atoms with E-state index < -0.39 is 117 Å². The van der Waals surface area contributed by atoms with E-state index in [1.54, 1.807) is 13.0 Å².